The molecule has 2 aliphatic rings. The van der Waals surface area contributed by atoms with E-state index in [1.165, 1.54) is 19.1 Å². The van der Waals surface area contributed by atoms with Crippen LogP contribution in [0.3, 0.4) is 0 Å². The molecule has 1 aliphatic heterocycles. The molecule has 2 amide bonds. The summed E-state index contributed by atoms with van der Waals surface area (Å²) in [6, 6.07) is 11.5. The fourth-order valence-electron chi connectivity index (χ4n) is 4.70. The number of hydrogen-bond acceptors (Lipinski definition) is 5. The van der Waals surface area contributed by atoms with Crippen molar-refractivity contribution in [2.75, 3.05) is 16.3 Å². The van der Waals surface area contributed by atoms with Gasteiger partial charge in [-0.25, -0.2) is 18.4 Å². The van der Waals surface area contributed by atoms with E-state index >= 15 is 0 Å². The molecule has 9 heteroatoms. The van der Waals surface area contributed by atoms with Crippen LogP contribution in [0.2, 0.25) is 0 Å². The second kappa shape index (κ2) is 9.15. The summed E-state index contributed by atoms with van der Waals surface area (Å²) in [6.45, 7) is 3.70. The average Bonchev–Trinajstić information content (AvgIpc) is 2.78. The molecule has 0 aromatic heterocycles. The number of anilines is 2. The van der Waals surface area contributed by atoms with Gasteiger partial charge in [-0.05, 0) is 68.0 Å². The fraction of sp³-hybridized carbons (Fsp3) is 0.417. The van der Waals surface area contributed by atoms with E-state index in [-0.39, 0.29) is 22.9 Å². The number of nitrogens with zero attached hydrogens (tertiary/aromatic N) is 2. The summed E-state index contributed by atoms with van der Waals surface area (Å²) in [7, 11) is -3.86. The second-order valence-electron chi connectivity index (χ2n) is 8.77. The first-order valence-corrected chi connectivity index (χ1v) is 12.7. The van der Waals surface area contributed by atoms with Crippen molar-refractivity contribution in [3.8, 4) is 11.1 Å². The molecule has 2 aromatic carbocycles. The highest BCUT2D eigenvalue weighted by molar-refractivity contribution is 7.89. The van der Waals surface area contributed by atoms with Gasteiger partial charge in [0.05, 0.1) is 22.3 Å². The molecule has 1 fully saturated rings. The van der Waals surface area contributed by atoms with E-state index in [2.05, 4.69) is 0 Å². The molecule has 4 rings (SSSR count). The maximum absolute atomic E-state index is 13.2. The Kier molecular flexibility index (Phi) is 6.45. The van der Waals surface area contributed by atoms with Gasteiger partial charge in [0, 0.05) is 13.5 Å². The van der Waals surface area contributed by atoms with Gasteiger partial charge in [-0.2, -0.15) is 0 Å². The van der Waals surface area contributed by atoms with Crippen LogP contribution in [0.1, 0.15) is 46.0 Å². The molecule has 1 atom stereocenters. The Morgan fingerprint density at radius 2 is 1.70 bits per heavy atom. The van der Waals surface area contributed by atoms with Gasteiger partial charge in [0.1, 0.15) is 6.10 Å². The average molecular weight is 472 g/mol. The van der Waals surface area contributed by atoms with Crippen molar-refractivity contribution in [1.29, 1.82) is 0 Å². The summed E-state index contributed by atoms with van der Waals surface area (Å²) < 4.78 is 29.4. The summed E-state index contributed by atoms with van der Waals surface area (Å²) in [5.41, 5.74) is 2.52. The van der Waals surface area contributed by atoms with Crippen LogP contribution < -0.4 is 14.9 Å². The molecule has 1 aliphatic carbocycles. The number of rotatable bonds is 3. The Labute approximate surface area is 194 Å². The molecule has 0 spiro atoms. The number of primary sulfonamides is 1. The van der Waals surface area contributed by atoms with Crippen LogP contribution in [-0.4, -0.2) is 39.1 Å². The first kappa shape index (κ1) is 23.3. The molecule has 176 valence electrons. The Hall–Kier alpha value is -2.91. The zero-order valence-corrected chi connectivity index (χ0v) is 19.7. The minimum Gasteiger partial charge on any atom is -0.446 e. The number of nitrogens with two attached hydrogens (primary N) is 1. The minimum atomic E-state index is -3.86. The van der Waals surface area contributed by atoms with Crippen LogP contribution in [0, 0.1) is 0 Å². The third-order valence-corrected chi connectivity index (χ3v) is 7.20. The number of carbonyl (C=O) groups excluding carboxylic acids is 2. The van der Waals surface area contributed by atoms with E-state index in [4.69, 9.17) is 9.88 Å². The van der Waals surface area contributed by atoms with Crippen molar-refractivity contribution >= 4 is 33.4 Å². The van der Waals surface area contributed by atoms with E-state index < -0.39 is 16.1 Å². The highest BCUT2D eigenvalue weighted by Gasteiger charge is 2.35. The zero-order chi connectivity index (χ0) is 23.8. The van der Waals surface area contributed by atoms with Crippen molar-refractivity contribution in [2.24, 2.45) is 5.14 Å². The number of amides is 2. The Balaban J connectivity index is 1.74. The summed E-state index contributed by atoms with van der Waals surface area (Å²) >= 11 is 0. The smallest absolute Gasteiger partial charge is 0.414 e. The normalized spacial score (nSPS) is 19.2. The lowest BCUT2D eigenvalue weighted by atomic mass is 9.98. The standard InChI is InChI=1S/C24H29N3O5S/c1-16-15-26(24(29)32-20-8-4-3-5-9-20)23-14-19(11-12-22(23)27(16)17(2)28)18-7-6-10-21(13-18)33(25,30)31/h6-7,10-14,16,20H,3-5,8-9,15H2,1-2H3,(H2,25,30,31). The largest absolute Gasteiger partial charge is 0.446 e. The first-order chi connectivity index (χ1) is 15.6. The van der Waals surface area contributed by atoms with Crippen LogP contribution >= 0.6 is 0 Å². The Morgan fingerprint density at radius 1 is 1.00 bits per heavy atom. The molecule has 0 saturated heterocycles. The van der Waals surface area contributed by atoms with E-state index in [1.54, 1.807) is 40.1 Å². The lowest BCUT2D eigenvalue weighted by Gasteiger charge is -2.41. The summed E-state index contributed by atoms with van der Waals surface area (Å²) in [5, 5.41) is 5.29. The maximum Gasteiger partial charge on any atom is 0.414 e. The van der Waals surface area contributed by atoms with Crippen molar-refractivity contribution in [3.05, 3.63) is 42.5 Å². The zero-order valence-electron chi connectivity index (χ0n) is 18.9. The van der Waals surface area contributed by atoms with Crippen LogP contribution in [0.4, 0.5) is 16.2 Å². The molecular weight excluding hydrogens is 442 g/mol. The molecule has 1 unspecified atom stereocenters. The minimum absolute atomic E-state index is 0.00488. The predicted molar refractivity (Wildman–Crippen MR) is 127 cm³/mol. The number of sulfonamides is 1. The lowest BCUT2D eigenvalue weighted by molar-refractivity contribution is -0.117. The molecule has 0 bridgehead atoms. The van der Waals surface area contributed by atoms with Gasteiger partial charge < -0.3 is 9.64 Å². The van der Waals surface area contributed by atoms with Gasteiger partial charge >= 0.3 is 6.09 Å². The SMILES string of the molecule is CC(=O)N1c2ccc(-c3cccc(S(N)(=O)=O)c3)cc2N(C(=O)OC2CCCCC2)CC1C. The third kappa shape index (κ3) is 4.89. The van der Waals surface area contributed by atoms with Gasteiger partial charge in [-0.15, -0.1) is 0 Å². The third-order valence-electron chi connectivity index (χ3n) is 6.29. The van der Waals surface area contributed by atoms with Crippen molar-refractivity contribution < 1.29 is 22.7 Å². The predicted octanol–water partition coefficient (Wildman–Crippen LogP) is 4.03. The molecule has 2 aromatic rings. The van der Waals surface area contributed by atoms with Crippen LogP contribution in [0.15, 0.2) is 47.4 Å². The molecule has 2 N–H and O–H groups in total. The lowest BCUT2D eigenvalue weighted by Crippen LogP contribution is -2.52. The van der Waals surface area contributed by atoms with Crippen LogP contribution in [-0.2, 0) is 19.6 Å². The molecule has 8 nitrogen and oxygen atoms in total. The summed E-state index contributed by atoms with van der Waals surface area (Å²) in [5.74, 6) is -0.118. The Bertz CT molecular complexity index is 1170. The number of hydrogen-bond donors (Lipinski definition) is 1. The second-order valence-corrected chi connectivity index (χ2v) is 10.3. The monoisotopic (exact) mass is 471 g/mol. The van der Waals surface area contributed by atoms with Gasteiger partial charge in [0.2, 0.25) is 15.9 Å². The van der Waals surface area contributed by atoms with Gasteiger partial charge in [-0.1, -0.05) is 24.6 Å². The highest BCUT2D eigenvalue weighted by Crippen LogP contribution is 2.39. The molecule has 33 heavy (non-hydrogen) atoms. The van der Waals surface area contributed by atoms with Gasteiger partial charge in [-0.3, -0.25) is 9.69 Å². The number of carbonyl (C=O) groups is 2. The van der Waals surface area contributed by atoms with Gasteiger partial charge in [0.25, 0.3) is 0 Å². The summed E-state index contributed by atoms with van der Waals surface area (Å²) in [6.07, 6.45) is 4.47. The number of fused-ring (bicyclic) bond motifs is 1. The number of benzene rings is 2. The topological polar surface area (TPSA) is 110 Å². The fourth-order valence-corrected chi connectivity index (χ4v) is 5.26. The quantitative estimate of drug-likeness (QED) is 0.727. The number of ether oxygens (including phenoxy) is 1. The van der Waals surface area contributed by atoms with Crippen molar-refractivity contribution in [1.82, 2.24) is 0 Å². The molecular formula is C24H29N3O5S. The van der Waals surface area contributed by atoms with E-state index in [1.807, 2.05) is 6.92 Å². The van der Waals surface area contributed by atoms with Crippen molar-refractivity contribution in [2.45, 2.75) is 63.0 Å². The van der Waals surface area contributed by atoms with E-state index in [0.717, 1.165) is 32.1 Å². The molecule has 1 heterocycles. The maximum atomic E-state index is 13.2. The van der Waals surface area contributed by atoms with E-state index in [0.29, 0.717) is 29.0 Å². The molecule has 1 saturated carbocycles. The molecule has 0 radical (unpaired) electrons. The van der Waals surface area contributed by atoms with Crippen LogP contribution in [0.25, 0.3) is 11.1 Å². The van der Waals surface area contributed by atoms with E-state index in [9.17, 15) is 18.0 Å². The van der Waals surface area contributed by atoms with Gasteiger partial charge in [0.15, 0.2) is 0 Å². The van der Waals surface area contributed by atoms with Crippen LogP contribution in [0.5, 0.6) is 0 Å². The highest BCUT2D eigenvalue weighted by atomic mass is 32.2. The first-order valence-electron chi connectivity index (χ1n) is 11.2. The van der Waals surface area contributed by atoms with Crippen molar-refractivity contribution in [3.63, 3.8) is 0 Å². The summed E-state index contributed by atoms with van der Waals surface area (Å²) in [4.78, 5) is 28.8. The Morgan fingerprint density at radius 3 is 2.36 bits per heavy atom.